The number of piperidine rings is 1. The Morgan fingerprint density at radius 2 is 2.00 bits per heavy atom. The summed E-state index contributed by atoms with van der Waals surface area (Å²) in [6.07, 6.45) is 3.71. The van der Waals surface area contributed by atoms with Gasteiger partial charge in [-0.2, -0.15) is 0 Å². The van der Waals surface area contributed by atoms with Crippen molar-refractivity contribution in [2.45, 2.75) is 32.2 Å². The molecule has 1 saturated heterocycles. The van der Waals surface area contributed by atoms with E-state index in [2.05, 4.69) is 24.0 Å². The molecular formula is C16H24N2O2. The minimum Gasteiger partial charge on any atom is -0.454 e. The third-order valence-corrected chi connectivity index (χ3v) is 4.65. The summed E-state index contributed by atoms with van der Waals surface area (Å²) in [5.41, 5.74) is 6.97. The highest BCUT2D eigenvalue weighted by Crippen LogP contribution is 2.36. The molecule has 3 rings (SSSR count). The highest BCUT2D eigenvalue weighted by molar-refractivity contribution is 5.45. The average Bonchev–Trinajstić information content (AvgIpc) is 2.95. The van der Waals surface area contributed by atoms with Crippen LogP contribution in [-0.2, 0) is 0 Å². The first-order valence-electron chi connectivity index (χ1n) is 7.61. The van der Waals surface area contributed by atoms with Crippen LogP contribution in [0.25, 0.3) is 0 Å². The molecule has 0 spiro atoms. The van der Waals surface area contributed by atoms with E-state index in [0.717, 1.165) is 24.0 Å². The lowest BCUT2D eigenvalue weighted by atomic mass is 9.92. The first-order valence-corrected chi connectivity index (χ1v) is 7.61. The maximum atomic E-state index is 5.66. The molecule has 0 bridgehead atoms. The Balaban J connectivity index is 1.63. The van der Waals surface area contributed by atoms with Crippen LogP contribution in [0, 0.1) is 5.92 Å². The number of rotatable bonds is 4. The van der Waals surface area contributed by atoms with Gasteiger partial charge < -0.3 is 15.2 Å². The summed E-state index contributed by atoms with van der Waals surface area (Å²) in [6.45, 7) is 5.78. The second kappa shape index (κ2) is 6.02. The van der Waals surface area contributed by atoms with Crippen molar-refractivity contribution in [3.8, 4) is 11.5 Å². The predicted molar refractivity (Wildman–Crippen MR) is 78.9 cm³/mol. The molecule has 0 radical (unpaired) electrons. The molecule has 1 atom stereocenters. The van der Waals surface area contributed by atoms with Crippen LogP contribution in [0.2, 0.25) is 0 Å². The van der Waals surface area contributed by atoms with Gasteiger partial charge in [0.25, 0.3) is 0 Å². The highest BCUT2D eigenvalue weighted by Gasteiger charge is 2.24. The van der Waals surface area contributed by atoms with E-state index >= 15 is 0 Å². The number of benzene rings is 1. The molecule has 1 unspecified atom stereocenters. The minimum absolute atomic E-state index is 0.345. The number of ether oxygens (including phenoxy) is 2. The average molecular weight is 276 g/mol. The SMILES string of the molecule is CC(c1ccc2c(c1)OCO2)N1CCC(CCN)CC1. The number of nitrogens with two attached hydrogens (primary N) is 1. The van der Waals surface area contributed by atoms with Gasteiger partial charge in [0.1, 0.15) is 0 Å². The van der Waals surface area contributed by atoms with Crippen molar-refractivity contribution in [3.05, 3.63) is 23.8 Å². The van der Waals surface area contributed by atoms with Gasteiger partial charge in [0.2, 0.25) is 6.79 Å². The van der Waals surface area contributed by atoms with Crippen LogP contribution in [0.1, 0.15) is 37.8 Å². The lowest BCUT2D eigenvalue weighted by molar-refractivity contribution is 0.138. The van der Waals surface area contributed by atoms with E-state index in [1.165, 1.54) is 37.9 Å². The van der Waals surface area contributed by atoms with E-state index < -0.39 is 0 Å². The summed E-state index contributed by atoms with van der Waals surface area (Å²) in [6, 6.07) is 6.74. The third-order valence-electron chi connectivity index (χ3n) is 4.65. The summed E-state index contributed by atoms with van der Waals surface area (Å²) in [5.74, 6) is 2.56. The van der Waals surface area contributed by atoms with Crippen LogP contribution in [-0.4, -0.2) is 31.3 Å². The molecule has 0 aliphatic carbocycles. The number of likely N-dealkylation sites (tertiary alicyclic amines) is 1. The standard InChI is InChI=1S/C16H24N2O2/c1-12(18-8-5-13(4-7-17)6-9-18)14-2-3-15-16(10-14)20-11-19-15/h2-3,10,12-13H,4-9,11,17H2,1H3. The number of nitrogens with zero attached hydrogens (tertiary/aromatic N) is 1. The van der Waals surface area contributed by atoms with Crippen LogP contribution in [0.4, 0.5) is 0 Å². The molecule has 4 nitrogen and oxygen atoms in total. The van der Waals surface area contributed by atoms with E-state index in [4.69, 9.17) is 15.2 Å². The van der Waals surface area contributed by atoms with Gasteiger partial charge in [-0.3, -0.25) is 4.90 Å². The molecule has 0 amide bonds. The zero-order valence-electron chi connectivity index (χ0n) is 12.2. The van der Waals surface area contributed by atoms with Crippen LogP contribution >= 0.6 is 0 Å². The smallest absolute Gasteiger partial charge is 0.231 e. The molecule has 2 N–H and O–H groups in total. The third kappa shape index (κ3) is 2.76. The number of hydrogen-bond acceptors (Lipinski definition) is 4. The molecule has 1 aromatic carbocycles. The van der Waals surface area contributed by atoms with Crippen molar-refractivity contribution < 1.29 is 9.47 Å². The summed E-state index contributed by atoms with van der Waals surface area (Å²) >= 11 is 0. The van der Waals surface area contributed by atoms with Gasteiger partial charge in [-0.25, -0.2) is 0 Å². The van der Waals surface area contributed by atoms with E-state index in [-0.39, 0.29) is 0 Å². The molecule has 2 heterocycles. The van der Waals surface area contributed by atoms with Crippen molar-refractivity contribution in [3.63, 3.8) is 0 Å². The monoisotopic (exact) mass is 276 g/mol. The van der Waals surface area contributed by atoms with Crippen LogP contribution < -0.4 is 15.2 Å². The van der Waals surface area contributed by atoms with Crippen molar-refractivity contribution in [2.24, 2.45) is 11.7 Å². The van der Waals surface area contributed by atoms with Gasteiger partial charge in [0, 0.05) is 6.04 Å². The Hall–Kier alpha value is -1.26. The largest absolute Gasteiger partial charge is 0.454 e. The normalized spacial score (nSPS) is 21.1. The lowest BCUT2D eigenvalue weighted by Crippen LogP contribution is -2.36. The Morgan fingerprint density at radius 3 is 2.75 bits per heavy atom. The molecule has 2 aliphatic heterocycles. The zero-order valence-corrected chi connectivity index (χ0v) is 12.2. The maximum Gasteiger partial charge on any atom is 0.231 e. The van der Waals surface area contributed by atoms with E-state index in [1.807, 2.05) is 6.07 Å². The maximum absolute atomic E-state index is 5.66. The molecule has 1 aromatic rings. The summed E-state index contributed by atoms with van der Waals surface area (Å²) in [4.78, 5) is 2.56. The molecule has 110 valence electrons. The highest BCUT2D eigenvalue weighted by atomic mass is 16.7. The van der Waals surface area contributed by atoms with Gasteiger partial charge >= 0.3 is 0 Å². The fourth-order valence-corrected chi connectivity index (χ4v) is 3.25. The van der Waals surface area contributed by atoms with Crippen molar-refractivity contribution in [1.29, 1.82) is 0 Å². The first-order chi connectivity index (χ1) is 9.78. The fraction of sp³-hybridized carbons (Fsp3) is 0.625. The van der Waals surface area contributed by atoms with Gasteiger partial charge in [-0.1, -0.05) is 6.07 Å². The predicted octanol–water partition coefficient (Wildman–Crippen LogP) is 2.54. The number of hydrogen-bond donors (Lipinski definition) is 1. The molecule has 2 aliphatic rings. The van der Waals surface area contributed by atoms with Gasteiger partial charge in [0.05, 0.1) is 0 Å². The molecular weight excluding hydrogens is 252 g/mol. The molecule has 4 heteroatoms. The molecule has 1 fully saturated rings. The Morgan fingerprint density at radius 1 is 1.25 bits per heavy atom. The Kier molecular flexibility index (Phi) is 4.13. The van der Waals surface area contributed by atoms with Crippen molar-refractivity contribution in [2.75, 3.05) is 26.4 Å². The molecule has 0 aromatic heterocycles. The topological polar surface area (TPSA) is 47.7 Å². The zero-order chi connectivity index (χ0) is 13.9. The summed E-state index contributed by atoms with van der Waals surface area (Å²) in [7, 11) is 0. The van der Waals surface area contributed by atoms with Crippen molar-refractivity contribution in [1.82, 2.24) is 4.90 Å². The second-order valence-electron chi connectivity index (χ2n) is 5.85. The first kappa shape index (κ1) is 13.7. The van der Waals surface area contributed by atoms with Crippen molar-refractivity contribution >= 4 is 0 Å². The van der Waals surface area contributed by atoms with Gasteiger partial charge in [0.15, 0.2) is 11.5 Å². The van der Waals surface area contributed by atoms with E-state index in [1.54, 1.807) is 0 Å². The van der Waals surface area contributed by atoms with E-state index in [9.17, 15) is 0 Å². The van der Waals surface area contributed by atoms with Crippen LogP contribution in [0.15, 0.2) is 18.2 Å². The van der Waals surface area contributed by atoms with Crippen LogP contribution in [0.5, 0.6) is 11.5 Å². The summed E-state index contributed by atoms with van der Waals surface area (Å²) in [5, 5.41) is 0. The van der Waals surface area contributed by atoms with Gasteiger partial charge in [-0.15, -0.1) is 0 Å². The molecule has 0 saturated carbocycles. The van der Waals surface area contributed by atoms with E-state index in [0.29, 0.717) is 12.8 Å². The quantitative estimate of drug-likeness (QED) is 0.918. The van der Waals surface area contributed by atoms with Gasteiger partial charge in [-0.05, 0) is 69.4 Å². The second-order valence-corrected chi connectivity index (χ2v) is 5.85. The summed E-state index contributed by atoms with van der Waals surface area (Å²) < 4.78 is 10.8. The lowest BCUT2D eigenvalue weighted by Gasteiger charge is -2.36. The fourth-order valence-electron chi connectivity index (χ4n) is 3.25. The number of fused-ring (bicyclic) bond motifs is 1. The Bertz CT molecular complexity index is 456. The minimum atomic E-state index is 0.345. The molecule has 20 heavy (non-hydrogen) atoms. The Labute approximate surface area is 120 Å². The van der Waals surface area contributed by atoms with Crippen LogP contribution in [0.3, 0.4) is 0 Å².